The predicted molar refractivity (Wildman–Crippen MR) is 315 cm³/mol. The van der Waals surface area contributed by atoms with Gasteiger partial charge >= 0.3 is 24.1 Å². The number of aryl methyl sites for hydroxylation is 2. The highest BCUT2D eigenvalue weighted by Gasteiger charge is 2.43. The van der Waals surface area contributed by atoms with Gasteiger partial charge in [0.25, 0.3) is 0 Å². The molecule has 4 atom stereocenters. The highest BCUT2D eigenvalue weighted by molar-refractivity contribution is 5.90. The van der Waals surface area contributed by atoms with Gasteiger partial charge in [0, 0.05) is 89.9 Å². The van der Waals surface area contributed by atoms with Crippen molar-refractivity contribution in [2.24, 2.45) is 0 Å². The molecule has 0 spiro atoms. The molecule has 22 nitrogen and oxygen atoms in total. The first kappa shape index (κ1) is 64.7. The van der Waals surface area contributed by atoms with Gasteiger partial charge in [-0.1, -0.05) is 109 Å². The summed E-state index contributed by atoms with van der Waals surface area (Å²) in [7, 11) is 0. The van der Waals surface area contributed by atoms with E-state index < -0.39 is 96.2 Å². The minimum Gasteiger partial charge on any atom is -0.459 e. The number of alkyl carbamates (subject to hydrolysis) is 2. The van der Waals surface area contributed by atoms with Crippen molar-refractivity contribution >= 4 is 59.6 Å². The molecule has 4 N–H and O–H groups in total. The standard InChI is InChI=1S/C64H80N8O14/c1-63(2,3)85-61(81)65-35-45-21-17-43(18-22-45)25-27-57(77)71-37-49(33-51(71)59(79)83-41-47-13-9-7-10-14-47)67-53(73)39-69-31-29-56(76)70(32-30-55(69)75)40-54(74)68-50-34-52(60(80)84-42-48-15-11-8-12-16-48)72(38-50)58(78)28-26-44-19-23-46(24-20-44)36-66-62(82)86-64(4,5)6/h7-24,49-52H,25-42H2,1-6H3,(H,65,81)(H,66,82)(H,67,73)(H,68,74). The van der Waals surface area contributed by atoms with Crippen molar-refractivity contribution in [1.82, 2.24) is 40.9 Å². The predicted octanol–water partition coefficient (Wildman–Crippen LogP) is 5.41. The van der Waals surface area contributed by atoms with Gasteiger partial charge in [-0.15, -0.1) is 0 Å². The molecule has 4 aromatic carbocycles. The van der Waals surface area contributed by atoms with Crippen LogP contribution in [0, 0.1) is 0 Å². The van der Waals surface area contributed by atoms with Crippen molar-refractivity contribution in [3.05, 3.63) is 143 Å². The van der Waals surface area contributed by atoms with E-state index in [9.17, 15) is 47.9 Å². The van der Waals surface area contributed by atoms with Crippen LogP contribution in [-0.4, -0.2) is 154 Å². The van der Waals surface area contributed by atoms with Gasteiger partial charge in [0.2, 0.25) is 35.4 Å². The molecular formula is C64H80N8O14. The number of carbonyl (C=O) groups is 10. The molecule has 0 saturated carbocycles. The second-order valence-corrected chi connectivity index (χ2v) is 23.8. The number of esters is 2. The maximum atomic E-state index is 13.9. The summed E-state index contributed by atoms with van der Waals surface area (Å²) in [6, 6.07) is 29.7. The van der Waals surface area contributed by atoms with E-state index in [1.807, 2.05) is 109 Å². The molecule has 4 unspecified atom stereocenters. The number of rotatable bonds is 22. The quantitative estimate of drug-likeness (QED) is 0.0566. The lowest BCUT2D eigenvalue weighted by Gasteiger charge is -2.30. The molecule has 0 bridgehead atoms. The van der Waals surface area contributed by atoms with Crippen LogP contribution in [0.2, 0.25) is 0 Å². The van der Waals surface area contributed by atoms with Crippen LogP contribution in [0.4, 0.5) is 9.59 Å². The van der Waals surface area contributed by atoms with Gasteiger partial charge in [-0.05, 0) is 87.8 Å². The Labute approximate surface area is 501 Å². The molecular weight excluding hydrogens is 1100 g/mol. The smallest absolute Gasteiger partial charge is 0.407 e. The topological polar surface area (TPSA) is 269 Å². The van der Waals surface area contributed by atoms with Gasteiger partial charge in [-0.3, -0.25) is 28.8 Å². The number of benzene rings is 4. The molecule has 3 fully saturated rings. The Kier molecular flexibility index (Phi) is 22.8. The third-order valence-corrected chi connectivity index (χ3v) is 14.5. The maximum Gasteiger partial charge on any atom is 0.407 e. The van der Waals surface area contributed by atoms with Gasteiger partial charge in [-0.25, -0.2) is 19.2 Å². The van der Waals surface area contributed by atoms with E-state index in [0.29, 0.717) is 12.8 Å². The molecule has 4 aromatic rings. The third-order valence-electron chi connectivity index (χ3n) is 14.5. The van der Waals surface area contributed by atoms with Crippen LogP contribution in [0.3, 0.4) is 0 Å². The largest absolute Gasteiger partial charge is 0.459 e. The van der Waals surface area contributed by atoms with Crippen molar-refractivity contribution in [2.45, 2.75) is 155 Å². The fourth-order valence-corrected chi connectivity index (χ4v) is 10.2. The molecule has 3 aliphatic rings. The first-order valence-electron chi connectivity index (χ1n) is 29.2. The molecule has 3 heterocycles. The van der Waals surface area contributed by atoms with Gasteiger partial charge in [0.1, 0.15) is 36.5 Å². The van der Waals surface area contributed by atoms with Crippen molar-refractivity contribution in [3.8, 4) is 0 Å². The van der Waals surface area contributed by atoms with Crippen LogP contribution in [0.25, 0.3) is 0 Å². The number of amides is 8. The Morgan fingerprint density at radius 2 is 0.826 bits per heavy atom. The monoisotopic (exact) mass is 1180 g/mol. The van der Waals surface area contributed by atoms with Crippen LogP contribution in [0.15, 0.2) is 109 Å². The number of nitrogens with zero attached hydrogens (tertiary/aromatic N) is 4. The number of carbonyl (C=O) groups excluding carboxylic acids is 10. The first-order valence-corrected chi connectivity index (χ1v) is 29.2. The minimum absolute atomic E-state index is 0.0117. The number of hydrogen-bond acceptors (Lipinski definition) is 14. The third kappa shape index (κ3) is 20.8. The highest BCUT2D eigenvalue weighted by Crippen LogP contribution is 2.25. The molecule has 0 radical (unpaired) electrons. The molecule has 86 heavy (non-hydrogen) atoms. The zero-order chi connectivity index (χ0) is 62.0. The summed E-state index contributed by atoms with van der Waals surface area (Å²) >= 11 is 0. The van der Waals surface area contributed by atoms with E-state index in [-0.39, 0.29) is 103 Å². The average molecular weight is 1190 g/mol. The molecule has 460 valence electrons. The molecule has 0 aromatic heterocycles. The van der Waals surface area contributed by atoms with Gasteiger partial charge in [0.05, 0.1) is 13.1 Å². The highest BCUT2D eigenvalue weighted by atomic mass is 16.6. The molecule has 22 heteroatoms. The summed E-state index contributed by atoms with van der Waals surface area (Å²) in [4.78, 5) is 139. The summed E-state index contributed by atoms with van der Waals surface area (Å²) < 4.78 is 22.0. The maximum absolute atomic E-state index is 13.9. The van der Waals surface area contributed by atoms with Crippen LogP contribution in [0.5, 0.6) is 0 Å². The summed E-state index contributed by atoms with van der Waals surface area (Å²) in [5, 5.41) is 11.2. The Balaban J connectivity index is 0.892. The van der Waals surface area contributed by atoms with Crippen molar-refractivity contribution in [2.75, 3.05) is 39.3 Å². The molecule has 3 aliphatic heterocycles. The number of nitrogens with one attached hydrogen (secondary N) is 4. The van der Waals surface area contributed by atoms with Gasteiger partial charge in [-0.2, -0.15) is 0 Å². The van der Waals surface area contributed by atoms with Gasteiger partial charge < -0.3 is 59.8 Å². The van der Waals surface area contributed by atoms with E-state index in [4.69, 9.17) is 18.9 Å². The minimum atomic E-state index is -0.996. The summed E-state index contributed by atoms with van der Waals surface area (Å²) in [5.74, 6) is -3.85. The molecule has 0 aliphatic carbocycles. The first-order chi connectivity index (χ1) is 40.9. The van der Waals surface area contributed by atoms with Crippen LogP contribution in [-0.2, 0) is 96.4 Å². The van der Waals surface area contributed by atoms with Crippen LogP contribution < -0.4 is 21.3 Å². The van der Waals surface area contributed by atoms with E-state index >= 15 is 0 Å². The second-order valence-electron chi connectivity index (χ2n) is 23.8. The van der Waals surface area contributed by atoms with Crippen molar-refractivity contribution in [3.63, 3.8) is 0 Å². The lowest BCUT2D eigenvalue weighted by molar-refractivity contribution is -0.154. The summed E-state index contributed by atoms with van der Waals surface area (Å²) in [5.41, 5.74) is 3.63. The van der Waals surface area contributed by atoms with E-state index in [1.165, 1.54) is 19.6 Å². The molecule has 7 rings (SSSR count). The zero-order valence-corrected chi connectivity index (χ0v) is 49.9. The SMILES string of the molecule is CC(C)(C)OC(=O)NCc1ccc(CCC(=O)N2CC(NC(=O)CN3CCC(=O)N(CC(=O)NC4CC(C(=O)OCc5ccccc5)N(C(=O)CCc5ccc(CNC(=O)OC(C)(C)C)cc5)C4)CCC3=O)CC2C(=O)OCc2ccccc2)cc1. The van der Waals surface area contributed by atoms with E-state index in [0.717, 1.165) is 33.4 Å². The average Bonchev–Trinajstić information content (AvgIpc) is 2.52. The normalized spacial score (nSPS) is 18.1. The van der Waals surface area contributed by atoms with Gasteiger partial charge in [0.15, 0.2) is 0 Å². The van der Waals surface area contributed by atoms with Crippen molar-refractivity contribution < 1.29 is 66.9 Å². The van der Waals surface area contributed by atoms with E-state index in [1.54, 1.807) is 41.5 Å². The van der Waals surface area contributed by atoms with Crippen molar-refractivity contribution in [1.29, 1.82) is 0 Å². The Morgan fingerprint density at radius 1 is 0.477 bits per heavy atom. The van der Waals surface area contributed by atoms with Crippen LogP contribution >= 0.6 is 0 Å². The Morgan fingerprint density at radius 3 is 1.17 bits per heavy atom. The number of likely N-dealkylation sites (tertiary alicyclic amines) is 2. The zero-order valence-electron chi connectivity index (χ0n) is 49.9. The lowest BCUT2D eigenvalue weighted by atomic mass is 10.1. The summed E-state index contributed by atoms with van der Waals surface area (Å²) in [6.07, 6.45) is -0.502. The summed E-state index contributed by atoms with van der Waals surface area (Å²) in [6.45, 7) is 10.2. The Hall–Kier alpha value is -8.82. The number of hydrogen-bond donors (Lipinski definition) is 4. The van der Waals surface area contributed by atoms with Crippen LogP contribution in [0.1, 0.15) is 113 Å². The fourth-order valence-electron chi connectivity index (χ4n) is 10.2. The second kappa shape index (κ2) is 30.3. The Bertz CT molecular complexity index is 2820. The molecule has 3 saturated heterocycles. The number of ether oxygens (including phenoxy) is 4. The molecule has 8 amide bonds. The fraction of sp³-hybridized carbons (Fsp3) is 0.469. The lowest BCUT2D eigenvalue weighted by Crippen LogP contribution is -2.50. The van der Waals surface area contributed by atoms with E-state index in [2.05, 4.69) is 21.3 Å².